The molecular weight excluding hydrogens is 782 g/mol. The number of aliphatic hydroxyl groups is 2. The van der Waals surface area contributed by atoms with Crippen LogP contribution in [0.4, 0.5) is 0 Å². The lowest BCUT2D eigenvalue weighted by Gasteiger charge is -2.17. The minimum Gasteiger partial charge on any atom is -0.491 e. The van der Waals surface area contributed by atoms with Crippen molar-refractivity contribution >= 4 is 56.5 Å². The Morgan fingerprint density at radius 1 is 0.721 bits per heavy atom. The monoisotopic (exact) mass is 824 g/mol. The number of benzene rings is 1. The number of hydrogen-bond acceptors (Lipinski definition) is 9. The number of aliphatic hydroxyl groups excluding tert-OH is 2. The predicted molar refractivity (Wildman–Crippen MR) is 184 cm³/mol. The number of aliphatic imine (C=N–C) groups is 1. The van der Waals surface area contributed by atoms with Gasteiger partial charge in [0, 0.05) is 24.5 Å². The maximum Gasteiger partial charge on any atom is 0.123 e. The Kier molecular flexibility index (Phi) is 16.0. The largest absolute Gasteiger partial charge is 0.491 e. The molecule has 0 amide bonds. The van der Waals surface area contributed by atoms with Gasteiger partial charge in [0.1, 0.15) is 24.7 Å². The highest BCUT2D eigenvalue weighted by Crippen LogP contribution is 2.41. The minimum absolute atomic E-state index is 0.00670. The number of ether oxygens (including phenoxy) is 6. The van der Waals surface area contributed by atoms with Crippen LogP contribution in [0.2, 0.25) is 0 Å². The lowest BCUT2D eigenvalue weighted by molar-refractivity contribution is 0.0241. The van der Waals surface area contributed by atoms with Gasteiger partial charge in [-0.15, -0.1) is 0 Å². The molecule has 0 radical (unpaired) electrons. The molecule has 0 saturated heterocycles. The Morgan fingerprint density at radius 2 is 1.21 bits per heavy atom. The highest BCUT2D eigenvalue weighted by Gasteiger charge is 2.25. The smallest absolute Gasteiger partial charge is 0.123 e. The van der Waals surface area contributed by atoms with Gasteiger partial charge < -0.3 is 43.6 Å². The van der Waals surface area contributed by atoms with Crippen molar-refractivity contribution in [1.82, 2.24) is 4.98 Å². The highest BCUT2D eigenvalue weighted by molar-refractivity contribution is 14.1. The summed E-state index contributed by atoms with van der Waals surface area (Å²) in [6.07, 6.45) is 0. The number of hydrogen-bond donors (Lipinski definition) is 3. The van der Waals surface area contributed by atoms with Gasteiger partial charge in [0.05, 0.1) is 83.2 Å². The summed E-state index contributed by atoms with van der Waals surface area (Å²) in [5.41, 5.74) is 8.21. The molecule has 2 heterocycles. The molecule has 3 rings (SSSR count). The molecule has 1 aromatic carbocycles. The lowest BCUT2D eigenvalue weighted by atomic mass is 9.95. The van der Waals surface area contributed by atoms with E-state index in [4.69, 9.17) is 43.6 Å². The molecule has 12 heteroatoms. The third-order valence-electron chi connectivity index (χ3n) is 6.49. The first kappa shape index (κ1) is 35.9. The Balaban J connectivity index is 1.88. The Bertz CT molecular complexity index is 1250. The second-order valence-electron chi connectivity index (χ2n) is 9.71. The standard InChI is InChI=1S/C31H42I2N2O8/c1-20-28(32)22(3)34-30(20)27(31-21(2)29(33)23(4)35-31)24-17-25(42-15-13-40-11-9-38-7-5-36)19-26(18-24)43-16-14-41-12-10-39-8-6-37/h17-19,34,36-37H,5-16H2,1-4H3/b31-27-. The molecule has 10 nitrogen and oxygen atoms in total. The van der Waals surface area contributed by atoms with Crippen molar-refractivity contribution in [2.75, 3.05) is 79.3 Å². The molecule has 0 fully saturated rings. The van der Waals surface area contributed by atoms with E-state index < -0.39 is 0 Å². The summed E-state index contributed by atoms with van der Waals surface area (Å²) >= 11 is 4.74. The van der Waals surface area contributed by atoms with Crippen molar-refractivity contribution in [3.8, 4) is 11.5 Å². The second-order valence-corrected chi connectivity index (χ2v) is 11.9. The van der Waals surface area contributed by atoms with E-state index >= 15 is 0 Å². The van der Waals surface area contributed by atoms with Crippen molar-refractivity contribution in [2.45, 2.75) is 27.7 Å². The van der Waals surface area contributed by atoms with Gasteiger partial charge in [0.15, 0.2) is 0 Å². The first-order valence-electron chi connectivity index (χ1n) is 14.2. The van der Waals surface area contributed by atoms with Crippen molar-refractivity contribution in [3.63, 3.8) is 0 Å². The number of nitrogens with one attached hydrogen (secondary N) is 1. The number of halogens is 2. The van der Waals surface area contributed by atoms with Gasteiger partial charge >= 0.3 is 0 Å². The molecule has 0 bridgehead atoms. The number of aryl methyl sites for hydroxylation is 1. The van der Waals surface area contributed by atoms with Crippen LogP contribution in [0.15, 0.2) is 38.0 Å². The van der Waals surface area contributed by atoms with Gasteiger partial charge in [-0.05, 0) is 102 Å². The van der Waals surface area contributed by atoms with Gasteiger partial charge in [-0.25, -0.2) is 0 Å². The van der Waals surface area contributed by atoms with Crippen LogP contribution in [0.5, 0.6) is 11.5 Å². The fourth-order valence-corrected chi connectivity index (χ4v) is 5.17. The third-order valence-corrected chi connectivity index (χ3v) is 9.70. The van der Waals surface area contributed by atoms with Crippen LogP contribution < -0.4 is 9.47 Å². The third kappa shape index (κ3) is 10.8. The molecule has 0 aliphatic carbocycles. The Morgan fingerprint density at radius 3 is 1.63 bits per heavy atom. The molecule has 0 atom stereocenters. The molecular formula is C31H42I2N2O8. The number of allylic oxidation sites excluding steroid dienone is 2. The number of H-pyrrole nitrogens is 1. The number of aromatic amines is 1. The SMILES string of the molecule is CC1=N/C(=C(/c2cc(OCCOCCOCCO)cc(OCCOCCOCCO)c2)c2[nH]c(C)c(I)c2C)C(C)=C1I. The number of aromatic nitrogens is 1. The summed E-state index contributed by atoms with van der Waals surface area (Å²) < 4.78 is 36.3. The number of rotatable bonds is 20. The zero-order valence-electron chi connectivity index (χ0n) is 25.3. The lowest BCUT2D eigenvalue weighted by Crippen LogP contribution is -2.13. The minimum atomic E-state index is -0.00670. The van der Waals surface area contributed by atoms with Crippen LogP contribution in [0.25, 0.3) is 5.57 Å². The van der Waals surface area contributed by atoms with E-state index in [1.54, 1.807) is 0 Å². The van der Waals surface area contributed by atoms with Crippen LogP contribution in [0, 0.1) is 17.4 Å². The maximum atomic E-state index is 8.82. The van der Waals surface area contributed by atoms with Crippen LogP contribution in [0.1, 0.15) is 36.4 Å². The Labute approximate surface area is 281 Å². The zero-order chi connectivity index (χ0) is 31.2. The van der Waals surface area contributed by atoms with Crippen LogP contribution in [-0.2, 0) is 18.9 Å². The molecule has 0 spiro atoms. The van der Waals surface area contributed by atoms with Crippen molar-refractivity contribution in [3.05, 3.63) is 59.1 Å². The van der Waals surface area contributed by atoms with E-state index in [0.717, 1.165) is 48.6 Å². The predicted octanol–water partition coefficient (Wildman–Crippen LogP) is 4.99. The van der Waals surface area contributed by atoms with E-state index in [9.17, 15) is 0 Å². The van der Waals surface area contributed by atoms with Crippen molar-refractivity contribution in [2.24, 2.45) is 4.99 Å². The molecule has 43 heavy (non-hydrogen) atoms. The summed E-state index contributed by atoms with van der Waals surface area (Å²) in [6, 6.07) is 5.90. The van der Waals surface area contributed by atoms with Crippen molar-refractivity contribution in [1.29, 1.82) is 0 Å². The summed E-state index contributed by atoms with van der Waals surface area (Å²) in [6.45, 7) is 12.1. The molecule has 1 aliphatic rings. The second kappa shape index (κ2) is 19.1. The fraction of sp³-hybridized carbons (Fsp3) is 0.516. The topological polar surface area (TPSA) is 124 Å². The van der Waals surface area contributed by atoms with Gasteiger partial charge in [-0.3, -0.25) is 4.99 Å². The fourth-order valence-electron chi connectivity index (χ4n) is 4.39. The van der Waals surface area contributed by atoms with Gasteiger partial charge in [0.2, 0.25) is 0 Å². The van der Waals surface area contributed by atoms with E-state index in [2.05, 4.69) is 70.9 Å². The normalized spacial score (nSPS) is 14.5. The molecule has 1 aromatic heterocycles. The molecule has 3 N–H and O–H groups in total. The first-order chi connectivity index (χ1) is 20.8. The summed E-state index contributed by atoms with van der Waals surface area (Å²) in [5.74, 6) is 1.30. The maximum absolute atomic E-state index is 8.82. The van der Waals surface area contributed by atoms with Gasteiger partial charge in [-0.2, -0.15) is 0 Å². The van der Waals surface area contributed by atoms with Crippen LogP contribution in [-0.4, -0.2) is 100 Å². The molecule has 1 aliphatic heterocycles. The molecule has 0 unspecified atom stereocenters. The molecule has 0 saturated carbocycles. The van der Waals surface area contributed by atoms with Crippen molar-refractivity contribution < 1.29 is 38.6 Å². The average Bonchev–Trinajstić information content (AvgIpc) is 3.39. The summed E-state index contributed by atoms with van der Waals surface area (Å²) in [4.78, 5) is 8.60. The van der Waals surface area contributed by atoms with Gasteiger partial charge in [0.25, 0.3) is 0 Å². The summed E-state index contributed by atoms with van der Waals surface area (Å²) in [7, 11) is 0. The van der Waals surface area contributed by atoms with Crippen LogP contribution in [0.3, 0.4) is 0 Å². The van der Waals surface area contributed by atoms with E-state index in [1.165, 1.54) is 3.57 Å². The van der Waals surface area contributed by atoms with E-state index in [0.29, 0.717) is 77.6 Å². The van der Waals surface area contributed by atoms with Gasteiger partial charge in [-0.1, -0.05) is 0 Å². The average molecular weight is 824 g/mol. The zero-order valence-corrected chi connectivity index (χ0v) is 29.6. The van der Waals surface area contributed by atoms with E-state index in [1.807, 2.05) is 25.1 Å². The highest BCUT2D eigenvalue weighted by atomic mass is 127. The van der Waals surface area contributed by atoms with Crippen LogP contribution >= 0.6 is 45.2 Å². The van der Waals surface area contributed by atoms with E-state index in [-0.39, 0.29) is 13.2 Å². The Hall–Kier alpha value is -1.53. The quantitative estimate of drug-likeness (QED) is 0.126. The summed E-state index contributed by atoms with van der Waals surface area (Å²) in [5, 5.41) is 17.6. The molecule has 238 valence electrons. The molecule has 2 aromatic rings. The number of nitrogens with zero attached hydrogens (tertiary/aromatic N) is 1. The first-order valence-corrected chi connectivity index (χ1v) is 16.4.